The third kappa shape index (κ3) is 2.36. The highest BCUT2D eigenvalue weighted by atomic mass is 32.2. The molecule has 2 saturated carbocycles. The first-order chi connectivity index (χ1) is 7.14. The van der Waals surface area contributed by atoms with E-state index in [1.165, 1.54) is 25.7 Å². The van der Waals surface area contributed by atoms with Crippen molar-refractivity contribution in [2.75, 3.05) is 11.5 Å². The maximum absolute atomic E-state index is 11.4. The molecule has 3 rings (SSSR count). The highest BCUT2D eigenvalue weighted by Gasteiger charge is 2.43. The molecule has 1 atom stereocenters. The minimum atomic E-state index is -2.71. The van der Waals surface area contributed by atoms with Crippen molar-refractivity contribution < 1.29 is 8.42 Å². The van der Waals surface area contributed by atoms with Crippen LogP contribution in [0, 0.1) is 11.8 Å². The quantitative estimate of drug-likeness (QED) is 0.781. The van der Waals surface area contributed by atoms with Gasteiger partial charge in [-0.3, -0.25) is 0 Å². The van der Waals surface area contributed by atoms with E-state index >= 15 is 0 Å². The fourth-order valence-corrected chi connectivity index (χ4v) is 4.45. The molecule has 1 N–H and O–H groups in total. The predicted molar refractivity (Wildman–Crippen MR) is 59.4 cm³/mol. The molecule has 15 heavy (non-hydrogen) atoms. The second kappa shape index (κ2) is 3.45. The van der Waals surface area contributed by atoms with Gasteiger partial charge in [0.25, 0.3) is 0 Å². The molecule has 0 aromatic carbocycles. The molecule has 0 aromatic rings. The zero-order chi connectivity index (χ0) is 10.5. The molecule has 4 heteroatoms. The lowest BCUT2D eigenvalue weighted by Gasteiger charge is -2.21. The summed E-state index contributed by atoms with van der Waals surface area (Å²) in [6.07, 6.45) is 6.25. The highest BCUT2D eigenvalue weighted by molar-refractivity contribution is 7.91. The van der Waals surface area contributed by atoms with Gasteiger partial charge in [0.15, 0.2) is 9.84 Å². The summed E-state index contributed by atoms with van der Waals surface area (Å²) in [5.74, 6) is 2.50. The Morgan fingerprint density at radius 1 is 1.00 bits per heavy atom. The number of hydrogen-bond donors (Lipinski definition) is 1. The van der Waals surface area contributed by atoms with E-state index in [0.29, 0.717) is 17.5 Å². The van der Waals surface area contributed by atoms with Crippen molar-refractivity contribution in [3.05, 3.63) is 0 Å². The second-order valence-electron chi connectivity index (χ2n) is 5.47. The Morgan fingerprint density at radius 2 is 1.60 bits per heavy atom. The van der Waals surface area contributed by atoms with Crippen LogP contribution in [0.5, 0.6) is 0 Å². The molecule has 0 unspecified atom stereocenters. The molecule has 2 aliphatic carbocycles. The Bertz CT molecular complexity index is 332. The Kier molecular flexibility index (Phi) is 2.32. The zero-order valence-electron chi connectivity index (χ0n) is 8.98. The van der Waals surface area contributed by atoms with Crippen LogP contribution in [-0.4, -0.2) is 32.0 Å². The summed E-state index contributed by atoms with van der Waals surface area (Å²) in [7, 11) is -2.71. The molecule has 1 heterocycles. The Hall–Kier alpha value is -0.0900. The van der Waals surface area contributed by atoms with E-state index in [-0.39, 0.29) is 6.04 Å². The van der Waals surface area contributed by atoms with Gasteiger partial charge in [-0.05, 0) is 43.9 Å². The molecule has 3 nitrogen and oxygen atoms in total. The van der Waals surface area contributed by atoms with Crippen LogP contribution in [0.25, 0.3) is 0 Å². The molecule has 0 spiro atoms. The van der Waals surface area contributed by atoms with Gasteiger partial charge in [0.2, 0.25) is 0 Å². The van der Waals surface area contributed by atoms with Crippen molar-refractivity contribution in [1.82, 2.24) is 5.32 Å². The van der Waals surface area contributed by atoms with Crippen molar-refractivity contribution in [3.8, 4) is 0 Å². The van der Waals surface area contributed by atoms with E-state index in [1.807, 2.05) is 0 Å². The molecular formula is C11H19NO2S. The van der Waals surface area contributed by atoms with Crippen LogP contribution in [0.1, 0.15) is 32.1 Å². The molecule has 0 aromatic heterocycles. The summed E-state index contributed by atoms with van der Waals surface area (Å²) < 4.78 is 22.7. The number of rotatable bonds is 4. The van der Waals surface area contributed by atoms with Crippen molar-refractivity contribution in [3.63, 3.8) is 0 Å². The fraction of sp³-hybridized carbons (Fsp3) is 1.00. The van der Waals surface area contributed by atoms with E-state index < -0.39 is 9.84 Å². The molecular weight excluding hydrogens is 210 g/mol. The van der Waals surface area contributed by atoms with Crippen LogP contribution >= 0.6 is 0 Å². The summed E-state index contributed by atoms with van der Waals surface area (Å²) in [4.78, 5) is 0. The first-order valence-corrected chi connectivity index (χ1v) is 7.93. The first kappa shape index (κ1) is 10.1. The van der Waals surface area contributed by atoms with Gasteiger partial charge in [-0.2, -0.15) is 0 Å². The van der Waals surface area contributed by atoms with Gasteiger partial charge >= 0.3 is 0 Å². The van der Waals surface area contributed by atoms with Crippen LogP contribution < -0.4 is 5.32 Å². The van der Waals surface area contributed by atoms with Crippen LogP contribution in [0.15, 0.2) is 0 Å². The smallest absolute Gasteiger partial charge is 0.151 e. The van der Waals surface area contributed by atoms with Crippen LogP contribution in [0.4, 0.5) is 0 Å². The van der Waals surface area contributed by atoms with Crippen molar-refractivity contribution in [2.24, 2.45) is 11.8 Å². The van der Waals surface area contributed by atoms with E-state index in [0.717, 1.165) is 18.3 Å². The normalized spacial score (nSPS) is 34.9. The lowest BCUT2D eigenvalue weighted by atomic mass is 10.1. The Morgan fingerprint density at radius 3 is 2.00 bits per heavy atom. The number of hydrogen-bond acceptors (Lipinski definition) is 3. The topological polar surface area (TPSA) is 46.2 Å². The predicted octanol–water partition coefficient (Wildman–Crippen LogP) is 0.952. The molecule has 0 radical (unpaired) electrons. The Balaban J connectivity index is 1.59. The Labute approximate surface area is 91.5 Å². The van der Waals surface area contributed by atoms with Crippen molar-refractivity contribution in [1.29, 1.82) is 0 Å². The van der Waals surface area contributed by atoms with E-state index in [4.69, 9.17) is 0 Å². The molecule has 86 valence electrons. The molecule has 0 amide bonds. The van der Waals surface area contributed by atoms with Gasteiger partial charge < -0.3 is 5.32 Å². The lowest BCUT2D eigenvalue weighted by Crippen LogP contribution is -2.41. The highest BCUT2D eigenvalue weighted by Crippen LogP contribution is 2.44. The SMILES string of the molecule is O=S1(=O)CC[C@@H](NC(C2CC2)C2CC2)C1. The average Bonchev–Trinajstić information content (AvgIpc) is 3.02. The maximum Gasteiger partial charge on any atom is 0.151 e. The largest absolute Gasteiger partial charge is 0.310 e. The molecule has 1 saturated heterocycles. The molecule has 0 bridgehead atoms. The van der Waals surface area contributed by atoms with Gasteiger partial charge in [0.1, 0.15) is 0 Å². The minimum absolute atomic E-state index is 0.251. The maximum atomic E-state index is 11.4. The van der Waals surface area contributed by atoms with Crippen LogP contribution in [0.3, 0.4) is 0 Å². The summed E-state index contributed by atoms with van der Waals surface area (Å²) >= 11 is 0. The average molecular weight is 229 g/mol. The van der Waals surface area contributed by atoms with Crippen molar-refractivity contribution >= 4 is 9.84 Å². The third-order valence-corrected chi connectivity index (χ3v) is 5.69. The van der Waals surface area contributed by atoms with Gasteiger partial charge in [-0.1, -0.05) is 0 Å². The monoisotopic (exact) mass is 229 g/mol. The van der Waals surface area contributed by atoms with E-state index in [1.54, 1.807) is 0 Å². The van der Waals surface area contributed by atoms with Gasteiger partial charge in [-0.15, -0.1) is 0 Å². The van der Waals surface area contributed by atoms with Gasteiger partial charge in [0, 0.05) is 12.1 Å². The number of sulfone groups is 1. The zero-order valence-corrected chi connectivity index (χ0v) is 9.80. The molecule has 1 aliphatic heterocycles. The van der Waals surface area contributed by atoms with E-state index in [2.05, 4.69) is 5.32 Å². The van der Waals surface area contributed by atoms with Crippen molar-refractivity contribution in [2.45, 2.75) is 44.2 Å². The second-order valence-corrected chi connectivity index (χ2v) is 7.70. The van der Waals surface area contributed by atoms with Crippen LogP contribution in [-0.2, 0) is 9.84 Å². The molecule has 3 aliphatic rings. The fourth-order valence-electron chi connectivity index (χ4n) is 2.77. The lowest BCUT2D eigenvalue weighted by molar-refractivity contribution is 0.375. The number of nitrogens with one attached hydrogen (secondary N) is 1. The third-order valence-electron chi connectivity index (χ3n) is 3.92. The van der Waals surface area contributed by atoms with E-state index in [9.17, 15) is 8.42 Å². The summed E-state index contributed by atoms with van der Waals surface area (Å²) in [6.45, 7) is 0. The summed E-state index contributed by atoms with van der Waals surface area (Å²) in [6, 6.07) is 0.893. The van der Waals surface area contributed by atoms with Gasteiger partial charge in [-0.25, -0.2) is 8.42 Å². The first-order valence-electron chi connectivity index (χ1n) is 6.10. The minimum Gasteiger partial charge on any atom is -0.310 e. The van der Waals surface area contributed by atoms with Gasteiger partial charge in [0.05, 0.1) is 11.5 Å². The molecule has 3 fully saturated rings. The standard InChI is InChI=1S/C11H19NO2S/c13-15(14)6-5-10(7-15)12-11(8-1-2-8)9-3-4-9/h8-12H,1-7H2/t10-/m1/s1. The summed E-state index contributed by atoms with van der Waals surface area (Å²) in [5, 5.41) is 3.62. The summed E-state index contributed by atoms with van der Waals surface area (Å²) in [5.41, 5.74) is 0. The van der Waals surface area contributed by atoms with Crippen LogP contribution in [0.2, 0.25) is 0 Å².